The van der Waals surface area contributed by atoms with Crippen LogP contribution in [0, 0.1) is 0 Å². The number of carbonyl (C=O) groups is 2. The summed E-state index contributed by atoms with van der Waals surface area (Å²) >= 11 is 1.49. The van der Waals surface area contributed by atoms with Crippen LogP contribution >= 0.6 is 11.3 Å². The first-order valence-electron chi connectivity index (χ1n) is 8.80. The molecule has 1 aliphatic rings. The van der Waals surface area contributed by atoms with E-state index < -0.39 is 12.1 Å². The van der Waals surface area contributed by atoms with E-state index in [1.165, 1.54) is 34.6 Å². The SMILES string of the molecule is COc1ccc(CNC(=O)[C@@H](C)OC(=O)c2cc3c(s2)CCCC3)cc1. The maximum absolute atomic E-state index is 12.3. The molecule has 1 atom stereocenters. The van der Waals surface area contributed by atoms with Crippen LogP contribution in [0.4, 0.5) is 0 Å². The summed E-state index contributed by atoms with van der Waals surface area (Å²) in [6.07, 6.45) is 3.57. The van der Waals surface area contributed by atoms with Crippen LogP contribution in [0.15, 0.2) is 30.3 Å². The van der Waals surface area contributed by atoms with Gasteiger partial charge in [-0.05, 0) is 61.9 Å². The fourth-order valence-electron chi connectivity index (χ4n) is 2.94. The molecule has 138 valence electrons. The normalized spacial score (nSPS) is 14.2. The van der Waals surface area contributed by atoms with Gasteiger partial charge >= 0.3 is 5.97 Å². The van der Waals surface area contributed by atoms with E-state index in [-0.39, 0.29) is 5.91 Å². The van der Waals surface area contributed by atoms with Crippen molar-refractivity contribution < 1.29 is 19.1 Å². The molecule has 1 aliphatic carbocycles. The molecule has 2 aromatic rings. The molecule has 1 aromatic carbocycles. The fourth-order valence-corrected chi connectivity index (χ4v) is 4.08. The summed E-state index contributed by atoms with van der Waals surface area (Å²) in [5.74, 6) is 0.0352. The Hall–Kier alpha value is -2.34. The van der Waals surface area contributed by atoms with Crippen molar-refractivity contribution in [3.63, 3.8) is 0 Å². The number of rotatable bonds is 6. The monoisotopic (exact) mass is 373 g/mol. The highest BCUT2D eigenvalue weighted by molar-refractivity contribution is 7.14. The predicted octanol–water partition coefficient (Wildman–Crippen LogP) is 3.50. The van der Waals surface area contributed by atoms with Gasteiger partial charge in [-0.2, -0.15) is 0 Å². The second kappa shape index (κ2) is 8.36. The summed E-state index contributed by atoms with van der Waals surface area (Å²) in [6, 6.07) is 9.36. The molecule has 0 bridgehead atoms. The predicted molar refractivity (Wildman–Crippen MR) is 101 cm³/mol. The minimum Gasteiger partial charge on any atom is -0.497 e. The zero-order valence-corrected chi connectivity index (χ0v) is 15.9. The maximum Gasteiger partial charge on any atom is 0.349 e. The van der Waals surface area contributed by atoms with Gasteiger partial charge in [0, 0.05) is 11.4 Å². The molecular formula is C20H23NO4S. The van der Waals surface area contributed by atoms with Gasteiger partial charge in [0.15, 0.2) is 6.10 Å². The maximum atomic E-state index is 12.3. The second-order valence-electron chi connectivity index (χ2n) is 6.38. The van der Waals surface area contributed by atoms with E-state index in [1.807, 2.05) is 30.3 Å². The van der Waals surface area contributed by atoms with Gasteiger partial charge < -0.3 is 14.8 Å². The lowest BCUT2D eigenvalue weighted by Crippen LogP contribution is -2.35. The molecule has 1 N–H and O–H groups in total. The van der Waals surface area contributed by atoms with Crippen molar-refractivity contribution in [2.75, 3.05) is 7.11 Å². The zero-order valence-electron chi connectivity index (χ0n) is 15.0. The number of nitrogens with one attached hydrogen (secondary N) is 1. The molecule has 0 saturated carbocycles. The molecule has 0 saturated heterocycles. The standard InChI is InChI=1S/C20H23NO4S/c1-13(19(22)21-12-14-7-9-16(24-2)10-8-14)25-20(23)18-11-15-5-3-4-6-17(15)26-18/h7-11,13H,3-6,12H2,1-2H3,(H,21,22)/t13-/m1/s1. The summed E-state index contributed by atoms with van der Waals surface area (Å²) in [5, 5.41) is 2.79. The third-order valence-corrected chi connectivity index (χ3v) is 5.69. The quantitative estimate of drug-likeness (QED) is 0.787. The lowest BCUT2D eigenvalue weighted by atomic mass is 9.99. The third-order valence-electron chi connectivity index (χ3n) is 4.48. The number of ether oxygens (including phenoxy) is 2. The highest BCUT2D eigenvalue weighted by Crippen LogP contribution is 2.30. The Labute approximate surface area is 157 Å². The van der Waals surface area contributed by atoms with Crippen molar-refractivity contribution in [2.45, 2.75) is 45.3 Å². The topological polar surface area (TPSA) is 64.6 Å². The van der Waals surface area contributed by atoms with Crippen molar-refractivity contribution in [3.05, 3.63) is 51.2 Å². The molecule has 3 rings (SSSR count). The Kier molecular flexibility index (Phi) is 5.93. The molecule has 0 unspecified atom stereocenters. The number of carbonyl (C=O) groups excluding carboxylic acids is 2. The van der Waals surface area contributed by atoms with E-state index >= 15 is 0 Å². The van der Waals surface area contributed by atoms with E-state index in [9.17, 15) is 9.59 Å². The molecule has 1 amide bonds. The smallest absolute Gasteiger partial charge is 0.349 e. The highest BCUT2D eigenvalue weighted by atomic mass is 32.1. The molecule has 1 heterocycles. The van der Waals surface area contributed by atoms with Gasteiger partial charge in [-0.15, -0.1) is 11.3 Å². The summed E-state index contributed by atoms with van der Waals surface area (Å²) in [6.45, 7) is 1.97. The van der Waals surface area contributed by atoms with Gasteiger partial charge in [-0.1, -0.05) is 12.1 Å². The molecule has 6 heteroatoms. The number of hydrogen-bond acceptors (Lipinski definition) is 5. The number of benzene rings is 1. The number of thiophene rings is 1. The van der Waals surface area contributed by atoms with E-state index in [4.69, 9.17) is 9.47 Å². The second-order valence-corrected chi connectivity index (χ2v) is 7.52. The average molecular weight is 373 g/mol. The molecule has 0 spiro atoms. The summed E-state index contributed by atoms with van der Waals surface area (Å²) in [4.78, 5) is 26.4. The number of aryl methyl sites for hydroxylation is 2. The van der Waals surface area contributed by atoms with E-state index in [0.29, 0.717) is 11.4 Å². The van der Waals surface area contributed by atoms with Crippen LogP contribution in [0.3, 0.4) is 0 Å². The van der Waals surface area contributed by atoms with E-state index in [0.717, 1.165) is 24.2 Å². The first kappa shape index (κ1) is 18.5. The molecule has 1 aromatic heterocycles. The summed E-state index contributed by atoms with van der Waals surface area (Å²) < 4.78 is 10.4. The minimum absolute atomic E-state index is 0.310. The number of hydrogen-bond donors (Lipinski definition) is 1. The average Bonchev–Trinajstić information content (AvgIpc) is 3.10. The van der Waals surface area contributed by atoms with Crippen LogP contribution in [0.2, 0.25) is 0 Å². The van der Waals surface area contributed by atoms with E-state index in [2.05, 4.69) is 5.32 Å². The Bertz CT molecular complexity index is 758. The van der Waals surface area contributed by atoms with E-state index in [1.54, 1.807) is 14.0 Å². The van der Waals surface area contributed by atoms with Crippen LogP contribution in [0.25, 0.3) is 0 Å². The van der Waals surface area contributed by atoms with Gasteiger partial charge in [0.05, 0.1) is 7.11 Å². The number of fused-ring (bicyclic) bond motifs is 1. The van der Waals surface area contributed by atoms with Crippen molar-refractivity contribution in [1.82, 2.24) is 5.32 Å². The van der Waals surface area contributed by atoms with Gasteiger partial charge in [0.1, 0.15) is 10.6 Å². The summed E-state index contributed by atoms with van der Waals surface area (Å²) in [7, 11) is 1.61. The Morgan fingerprint density at radius 3 is 2.62 bits per heavy atom. The molecule has 0 radical (unpaired) electrons. The largest absolute Gasteiger partial charge is 0.497 e. The van der Waals surface area contributed by atoms with Gasteiger partial charge in [-0.25, -0.2) is 4.79 Å². The minimum atomic E-state index is -0.833. The number of esters is 1. The van der Waals surface area contributed by atoms with Crippen LogP contribution < -0.4 is 10.1 Å². The van der Waals surface area contributed by atoms with Gasteiger partial charge in [-0.3, -0.25) is 4.79 Å². The Morgan fingerprint density at radius 1 is 1.19 bits per heavy atom. The van der Waals surface area contributed by atoms with Crippen molar-refractivity contribution >= 4 is 23.2 Å². The zero-order chi connectivity index (χ0) is 18.5. The first-order valence-corrected chi connectivity index (χ1v) is 9.61. The lowest BCUT2D eigenvalue weighted by molar-refractivity contribution is -0.129. The molecule has 0 fully saturated rings. The van der Waals surface area contributed by atoms with Crippen LogP contribution in [0.5, 0.6) is 5.75 Å². The van der Waals surface area contributed by atoms with Crippen LogP contribution in [-0.2, 0) is 28.9 Å². The van der Waals surface area contributed by atoms with Crippen molar-refractivity contribution in [2.24, 2.45) is 0 Å². The number of amides is 1. The van der Waals surface area contributed by atoms with Gasteiger partial charge in [0.2, 0.25) is 0 Å². The van der Waals surface area contributed by atoms with Gasteiger partial charge in [0.25, 0.3) is 5.91 Å². The summed E-state index contributed by atoms with van der Waals surface area (Å²) in [5.41, 5.74) is 2.20. The first-order chi connectivity index (χ1) is 12.6. The van der Waals surface area contributed by atoms with Crippen molar-refractivity contribution in [1.29, 1.82) is 0 Å². The van der Waals surface area contributed by atoms with Crippen LogP contribution in [0.1, 0.15) is 45.4 Å². The molecular weight excluding hydrogens is 350 g/mol. The van der Waals surface area contributed by atoms with Crippen LogP contribution in [-0.4, -0.2) is 25.1 Å². The molecule has 0 aliphatic heterocycles. The number of methoxy groups -OCH3 is 1. The Morgan fingerprint density at radius 2 is 1.92 bits per heavy atom. The highest BCUT2D eigenvalue weighted by Gasteiger charge is 2.22. The lowest BCUT2D eigenvalue weighted by Gasteiger charge is -2.13. The fraction of sp³-hybridized carbons (Fsp3) is 0.400. The molecule has 26 heavy (non-hydrogen) atoms. The molecule has 5 nitrogen and oxygen atoms in total. The third kappa shape index (κ3) is 4.43. The Balaban J connectivity index is 1.51. The van der Waals surface area contributed by atoms with Crippen molar-refractivity contribution in [3.8, 4) is 5.75 Å².